The third-order valence-corrected chi connectivity index (χ3v) is 4.12. The minimum absolute atomic E-state index is 0.218. The van der Waals surface area contributed by atoms with E-state index in [9.17, 15) is 9.59 Å². The molecule has 0 saturated heterocycles. The maximum Gasteiger partial charge on any atom is 0.258 e. The van der Waals surface area contributed by atoms with Crippen molar-refractivity contribution in [1.29, 1.82) is 0 Å². The second-order valence-electron chi connectivity index (χ2n) is 6.06. The van der Waals surface area contributed by atoms with Gasteiger partial charge in [0.05, 0.1) is 11.8 Å². The van der Waals surface area contributed by atoms with E-state index in [-0.39, 0.29) is 11.5 Å². The molecule has 4 aromatic heterocycles. The molecule has 0 unspecified atom stereocenters. The second-order valence-corrected chi connectivity index (χ2v) is 6.06. The topological polar surface area (TPSA) is 89.5 Å². The van der Waals surface area contributed by atoms with Gasteiger partial charge in [-0.3, -0.25) is 19.0 Å². The summed E-state index contributed by atoms with van der Waals surface area (Å²) in [4.78, 5) is 33.3. The van der Waals surface area contributed by atoms with Gasteiger partial charge in [0, 0.05) is 30.7 Å². The Morgan fingerprint density at radius 3 is 2.85 bits per heavy atom. The van der Waals surface area contributed by atoms with Crippen LogP contribution >= 0.6 is 0 Å². The van der Waals surface area contributed by atoms with Crippen molar-refractivity contribution in [2.75, 3.05) is 0 Å². The van der Waals surface area contributed by atoms with E-state index in [2.05, 4.69) is 15.3 Å². The molecule has 0 aromatic carbocycles. The maximum absolute atomic E-state index is 12.6. The summed E-state index contributed by atoms with van der Waals surface area (Å²) in [5.41, 5.74) is 2.61. The van der Waals surface area contributed by atoms with Crippen molar-refractivity contribution >= 4 is 11.6 Å². The van der Waals surface area contributed by atoms with E-state index in [0.717, 1.165) is 11.3 Å². The predicted octanol–water partition coefficient (Wildman–Crippen LogP) is 2.59. The molecule has 134 valence electrons. The number of carbonyl (C=O) groups excluding carboxylic acids is 1. The van der Waals surface area contributed by atoms with E-state index in [4.69, 9.17) is 4.42 Å². The molecule has 7 heteroatoms. The lowest BCUT2D eigenvalue weighted by molar-refractivity contribution is 0.0952. The van der Waals surface area contributed by atoms with Gasteiger partial charge in [-0.25, -0.2) is 4.98 Å². The first-order valence-corrected chi connectivity index (χ1v) is 8.38. The maximum atomic E-state index is 12.6. The standard InChI is InChI=1S/C20H16N4O3/c1-13-10-18(25)24-8-2-4-15(19(24)23-13)20(26)22-12-14-6-7-16(21-11-14)17-5-3-9-27-17/h2-11H,12H2,1H3,(H,22,26). The van der Waals surface area contributed by atoms with Crippen molar-refractivity contribution in [1.82, 2.24) is 19.7 Å². The van der Waals surface area contributed by atoms with Gasteiger partial charge in [0.2, 0.25) is 0 Å². The molecule has 4 heterocycles. The fourth-order valence-electron chi connectivity index (χ4n) is 2.79. The van der Waals surface area contributed by atoms with E-state index in [1.807, 2.05) is 18.2 Å². The number of rotatable bonds is 4. The van der Waals surface area contributed by atoms with Crippen LogP contribution in [0.15, 0.2) is 70.3 Å². The molecular formula is C20H16N4O3. The summed E-state index contributed by atoms with van der Waals surface area (Å²) in [5, 5.41) is 2.84. The summed E-state index contributed by atoms with van der Waals surface area (Å²) in [6.07, 6.45) is 4.88. The molecule has 4 rings (SSSR count). The number of fused-ring (bicyclic) bond motifs is 1. The van der Waals surface area contributed by atoms with Crippen LogP contribution in [0.5, 0.6) is 0 Å². The van der Waals surface area contributed by atoms with Crippen molar-refractivity contribution < 1.29 is 9.21 Å². The number of pyridine rings is 2. The number of aromatic nitrogens is 3. The highest BCUT2D eigenvalue weighted by molar-refractivity contribution is 5.99. The Morgan fingerprint density at radius 1 is 1.22 bits per heavy atom. The molecule has 1 N–H and O–H groups in total. The largest absolute Gasteiger partial charge is 0.463 e. The molecule has 0 aliphatic carbocycles. The van der Waals surface area contributed by atoms with E-state index >= 15 is 0 Å². The van der Waals surface area contributed by atoms with Crippen molar-refractivity contribution in [3.05, 3.63) is 88.3 Å². The summed E-state index contributed by atoms with van der Waals surface area (Å²) in [6, 6.07) is 12.1. The van der Waals surface area contributed by atoms with Crippen LogP contribution in [0.3, 0.4) is 0 Å². The smallest absolute Gasteiger partial charge is 0.258 e. The molecule has 0 atom stereocenters. The molecule has 27 heavy (non-hydrogen) atoms. The fourth-order valence-corrected chi connectivity index (χ4v) is 2.79. The Balaban J connectivity index is 1.53. The van der Waals surface area contributed by atoms with Gasteiger partial charge >= 0.3 is 0 Å². The van der Waals surface area contributed by atoms with E-state index in [0.29, 0.717) is 29.2 Å². The number of nitrogens with one attached hydrogen (secondary N) is 1. The highest BCUT2D eigenvalue weighted by atomic mass is 16.3. The zero-order valence-electron chi connectivity index (χ0n) is 14.5. The molecule has 0 radical (unpaired) electrons. The molecule has 0 spiro atoms. The molecule has 0 saturated carbocycles. The van der Waals surface area contributed by atoms with Crippen LogP contribution < -0.4 is 10.9 Å². The van der Waals surface area contributed by atoms with Gasteiger partial charge in [-0.05, 0) is 42.8 Å². The number of nitrogens with zero attached hydrogens (tertiary/aromatic N) is 3. The van der Waals surface area contributed by atoms with Gasteiger partial charge in [0.15, 0.2) is 11.4 Å². The summed E-state index contributed by atoms with van der Waals surface area (Å²) in [7, 11) is 0. The van der Waals surface area contributed by atoms with Crippen molar-refractivity contribution in [3.8, 4) is 11.5 Å². The zero-order chi connectivity index (χ0) is 18.8. The first-order valence-electron chi connectivity index (χ1n) is 8.38. The summed E-state index contributed by atoms with van der Waals surface area (Å²) in [5.74, 6) is 0.383. The lowest BCUT2D eigenvalue weighted by Crippen LogP contribution is -2.25. The molecule has 0 fully saturated rings. The summed E-state index contributed by atoms with van der Waals surface area (Å²) < 4.78 is 6.67. The zero-order valence-corrected chi connectivity index (χ0v) is 14.5. The monoisotopic (exact) mass is 360 g/mol. The Kier molecular flexibility index (Phi) is 4.25. The average Bonchev–Trinajstić information content (AvgIpc) is 3.21. The van der Waals surface area contributed by atoms with E-state index in [1.165, 1.54) is 10.5 Å². The molecule has 0 aliphatic heterocycles. The van der Waals surface area contributed by atoms with Crippen molar-refractivity contribution in [2.45, 2.75) is 13.5 Å². The van der Waals surface area contributed by atoms with Crippen LogP contribution in [0.1, 0.15) is 21.6 Å². The molecular weight excluding hydrogens is 344 g/mol. The Labute approximate surface area is 154 Å². The third-order valence-electron chi connectivity index (χ3n) is 4.12. The van der Waals surface area contributed by atoms with Crippen LogP contribution in [0.2, 0.25) is 0 Å². The normalized spacial score (nSPS) is 10.9. The lowest BCUT2D eigenvalue weighted by Gasteiger charge is -2.09. The number of hydrogen-bond donors (Lipinski definition) is 1. The van der Waals surface area contributed by atoms with Crippen LogP contribution in [0.25, 0.3) is 17.1 Å². The molecule has 0 bridgehead atoms. The van der Waals surface area contributed by atoms with Crippen molar-refractivity contribution in [3.63, 3.8) is 0 Å². The second kappa shape index (κ2) is 6.87. The Bertz CT molecular complexity index is 1160. The lowest BCUT2D eigenvalue weighted by atomic mass is 10.2. The highest BCUT2D eigenvalue weighted by Gasteiger charge is 2.12. The Morgan fingerprint density at radius 2 is 2.11 bits per heavy atom. The van der Waals surface area contributed by atoms with Gasteiger partial charge in [-0.2, -0.15) is 0 Å². The molecule has 7 nitrogen and oxygen atoms in total. The van der Waals surface area contributed by atoms with E-state index in [1.54, 1.807) is 43.8 Å². The number of furan rings is 1. The minimum atomic E-state index is -0.305. The summed E-state index contributed by atoms with van der Waals surface area (Å²) in [6.45, 7) is 2.03. The van der Waals surface area contributed by atoms with Gasteiger partial charge in [0.1, 0.15) is 5.69 Å². The molecule has 0 aliphatic rings. The average molecular weight is 360 g/mol. The summed E-state index contributed by atoms with van der Waals surface area (Å²) >= 11 is 0. The number of hydrogen-bond acceptors (Lipinski definition) is 5. The molecule has 4 aromatic rings. The van der Waals surface area contributed by atoms with Gasteiger partial charge in [-0.1, -0.05) is 6.07 Å². The van der Waals surface area contributed by atoms with Crippen LogP contribution in [0.4, 0.5) is 0 Å². The highest BCUT2D eigenvalue weighted by Crippen LogP contribution is 2.17. The van der Waals surface area contributed by atoms with Gasteiger partial charge < -0.3 is 9.73 Å². The number of carbonyl (C=O) groups is 1. The predicted molar refractivity (Wildman–Crippen MR) is 99.3 cm³/mol. The molecule has 1 amide bonds. The van der Waals surface area contributed by atoms with Gasteiger partial charge in [-0.15, -0.1) is 0 Å². The first kappa shape index (κ1) is 16.7. The number of amides is 1. The van der Waals surface area contributed by atoms with Crippen LogP contribution in [-0.4, -0.2) is 20.3 Å². The third kappa shape index (κ3) is 3.35. The number of aryl methyl sites for hydroxylation is 1. The van der Waals surface area contributed by atoms with E-state index < -0.39 is 0 Å². The van der Waals surface area contributed by atoms with Crippen LogP contribution in [-0.2, 0) is 6.54 Å². The first-order chi connectivity index (χ1) is 13.1. The quantitative estimate of drug-likeness (QED) is 0.604. The van der Waals surface area contributed by atoms with Crippen LogP contribution in [0, 0.1) is 6.92 Å². The fraction of sp³-hybridized carbons (Fsp3) is 0.100. The van der Waals surface area contributed by atoms with Crippen molar-refractivity contribution in [2.24, 2.45) is 0 Å². The van der Waals surface area contributed by atoms with Gasteiger partial charge in [0.25, 0.3) is 11.5 Å². The minimum Gasteiger partial charge on any atom is -0.463 e. The SMILES string of the molecule is Cc1cc(=O)n2cccc(C(=O)NCc3ccc(-c4ccco4)nc3)c2n1. The Hall–Kier alpha value is -3.74.